The molecule has 2 aromatic heterocycles. The summed E-state index contributed by atoms with van der Waals surface area (Å²) >= 11 is 0. The average molecular weight is 315 g/mol. The molecule has 1 N–H and O–H groups in total. The fourth-order valence-electron chi connectivity index (χ4n) is 1.22. The Morgan fingerprint density at radius 2 is 1.64 bits per heavy atom. The molecule has 0 aromatic carbocycles. The average Bonchev–Trinajstić information content (AvgIpc) is 2.40. The van der Waals surface area contributed by atoms with Crippen molar-refractivity contribution in [3.8, 4) is 0 Å². The van der Waals surface area contributed by atoms with Gasteiger partial charge in [0.05, 0.1) is 6.10 Å². The summed E-state index contributed by atoms with van der Waals surface area (Å²) in [7, 11) is 0. The maximum absolute atomic E-state index is 12.2. The first-order valence-corrected chi connectivity index (χ1v) is 5.82. The summed E-state index contributed by atoms with van der Waals surface area (Å²) in [5, 5.41) is 8.95. The van der Waals surface area contributed by atoms with Crippen molar-refractivity contribution < 1.29 is 49.7 Å². The van der Waals surface area contributed by atoms with Gasteiger partial charge in [-0.15, -0.1) is 0 Å². The van der Waals surface area contributed by atoms with Crippen molar-refractivity contribution in [1.29, 1.82) is 0 Å². The molecule has 2 heterocycles. The van der Waals surface area contributed by atoms with Crippen LogP contribution in [-0.2, 0) is 0 Å². The molecule has 0 saturated heterocycles. The second kappa shape index (κ2) is 11.4. The van der Waals surface area contributed by atoms with Crippen LogP contribution in [0.4, 0.5) is 8.78 Å². The number of aromatic nitrogens is 2. The summed E-state index contributed by atoms with van der Waals surface area (Å²) in [6.07, 6.45) is 1.96. The Kier molecular flexibility index (Phi) is 12.0. The van der Waals surface area contributed by atoms with E-state index in [0.717, 1.165) is 6.07 Å². The van der Waals surface area contributed by atoms with Crippen LogP contribution >= 0.6 is 0 Å². The first kappa shape index (κ1) is 23.1. The fraction of sp³-hybridized carbons (Fsp3) is 0.214. The van der Waals surface area contributed by atoms with E-state index in [0.29, 0.717) is 11.1 Å². The number of carbonyl (C=O) groups excluding carboxylic acids is 1. The molecule has 2 rings (SSSR count). The van der Waals surface area contributed by atoms with Crippen molar-refractivity contribution >= 4 is 14.2 Å². The zero-order valence-electron chi connectivity index (χ0n) is 13.6. The number of Topliss-reactive ketones (excluding diaryl/α,β-unsaturated/α-hetero) is 1. The number of aliphatic hydroxyl groups is 1. The zero-order chi connectivity index (χ0) is 15.1. The molecule has 0 saturated carbocycles. The minimum atomic E-state index is -0.576. The van der Waals surface area contributed by atoms with Gasteiger partial charge in [0, 0.05) is 26.4 Å². The van der Waals surface area contributed by atoms with Crippen molar-refractivity contribution in [3.05, 3.63) is 59.7 Å². The largest absolute Gasteiger partial charge is 1.00 e. The first-order valence-electron chi connectivity index (χ1n) is 5.82. The summed E-state index contributed by atoms with van der Waals surface area (Å²) in [6.45, 7) is 3.02. The monoisotopic (exact) mass is 315 g/mol. The van der Waals surface area contributed by atoms with Gasteiger partial charge in [-0.1, -0.05) is 6.07 Å². The molecule has 0 aliphatic carbocycles. The van der Waals surface area contributed by atoms with Crippen molar-refractivity contribution in [2.75, 3.05) is 0 Å². The Morgan fingerprint density at radius 3 is 1.95 bits per heavy atom. The van der Waals surface area contributed by atoms with E-state index >= 15 is 0 Å². The zero-order valence-corrected chi connectivity index (χ0v) is 14.6. The molecule has 2 aromatic rings. The number of aliphatic hydroxyl groups excluding tert-OH is 1. The minimum absolute atomic E-state index is 0. The van der Waals surface area contributed by atoms with Crippen LogP contribution in [-0.4, -0.2) is 29.3 Å². The van der Waals surface area contributed by atoms with E-state index in [-0.39, 0.29) is 45.2 Å². The standard InChI is InChI=1S/C7H8FNO.C7H6FNO.B.Na.H/c2*1-5(10)6-2-3-7(8)9-4-6;;;/h2-5,10H,1H3;2-4H,1H3;;;/q;;;+1;-1. The number of ketones is 1. The van der Waals surface area contributed by atoms with Gasteiger partial charge < -0.3 is 6.53 Å². The molecule has 0 bridgehead atoms. The van der Waals surface area contributed by atoms with Gasteiger partial charge in [0.15, 0.2) is 5.78 Å². The van der Waals surface area contributed by atoms with E-state index in [4.69, 9.17) is 5.11 Å². The Bertz CT molecular complexity index is 572. The van der Waals surface area contributed by atoms with Crippen molar-refractivity contribution in [2.45, 2.75) is 20.0 Å². The van der Waals surface area contributed by atoms with Gasteiger partial charge in [-0.3, -0.25) is 4.79 Å². The van der Waals surface area contributed by atoms with Crippen LogP contribution in [0.15, 0.2) is 36.7 Å². The van der Waals surface area contributed by atoms with E-state index in [2.05, 4.69) is 9.97 Å². The molecule has 1 atom stereocenters. The van der Waals surface area contributed by atoms with Gasteiger partial charge in [0.25, 0.3) is 0 Å². The molecule has 3 radical (unpaired) electrons. The normalized spacial score (nSPS) is 10.2. The van der Waals surface area contributed by atoms with Gasteiger partial charge in [-0.25, -0.2) is 9.97 Å². The summed E-state index contributed by atoms with van der Waals surface area (Å²) in [5.41, 5.74) is 1.06. The van der Waals surface area contributed by atoms with Crippen molar-refractivity contribution in [2.24, 2.45) is 0 Å². The van der Waals surface area contributed by atoms with Crippen molar-refractivity contribution in [3.63, 3.8) is 0 Å². The summed E-state index contributed by atoms with van der Waals surface area (Å²) < 4.78 is 24.3. The SMILES string of the molecule is CC(=O)c1ccc(F)nc1.CC(O)c1ccc(F)nc1.[B].[H-].[Na+]. The predicted octanol–water partition coefficient (Wildman–Crippen LogP) is -0.567. The Hall–Kier alpha value is -1.15. The molecule has 111 valence electrons. The fourth-order valence-corrected chi connectivity index (χ4v) is 1.22. The van der Waals surface area contributed by atoms with Crippen LogP contribution in [0.3, 0.4) is 0 Å². The minimum Gasteiger partial charge on any atom is -1.00 e. The first-order chi connectivity index (χ1) is 9.40. The molecular formula is C14H15BF2N2NaO2. The van der Waals surface area contributed by atoms with Crippen LogP contribution in [0.5, 0.6) is 0 Å². The number of halogens is 2. The van der Waals surface area contributed by atoms with Crippen LogP contribution in [0, 0.1) is 11.9 Å². The second-order valence-electron chi connectivity index (χ2n) is 4.02. The molecule has 8 heteroatoms. The van der Waals surface area contributed by atoms with Crippen LogP contribution in [0.2, 0.25) is 0 Å². The van der Waals surface area contributed by atoms with E-state index < -0.39 is 18.0 Å². The Balaban J connectivity index is -0.000000308. The smallest absolute Gasteiger partial charge is 1.00 e. The van der Waals surface area contributed by atoms with E-state index in [1.54, 1.807) is 6.92 Å². The van der Waals surface area contributed by atoms with E-state index in [1.165, 1.54) is 37.5 Å². The van der Waals surface area contributed by atoms with Gasteiger partial charge in [-0.05, 0) is 37.6 Å². The van der Waals surface area contributed by atoms with E-state index in [1.807, 2.05) is 0 Å². The Morgan fingerprint density at radius 1 is 1.14 bits per heavy atom. The third-order valence-electron chi connectivity index (χ3n) is 2.37. The van der Waals surface area contributed by atoms with Crippen LogP contribution < -0.4 is 29.6 Å². The number of hydrogen-bond donors (Lipinski definition) is 1. The number of nitrogens with zero attached hydrogens (tertiary/aromatic N) is 2. The second-order valence-corrected chi connectivity index (χ2v) is 4.02. The molecule has 0 aliphatic rings. The van der Waals surface area contributed by atoms with Crippen LogP contribution in [0.25, 0.3) is 0 Å². The number of hydrogen-bond acceptors (Lipinski definition) is 4. The van der Waals surface area contributed by atoms with Gasteiger partial charge in [0.1, 0.15) is 0 Å². The van der Waals surface area contributed by atoms with Gasteiger partial charge in [0.2, 0.25) is 11.9 Å². The number of carbonyl (C=O) groups is 1. The van der Waals surface area contributed by atoms with Crippen molar-refractivity contribution in [1.82, 2.24) is 9.97 Å². The molecule has 22 heavy (non-hydrogen) atoms. The Labute approximate surface area is 153 Å². The molecule has 0 aliphatic heterocycles. The van der Waals surface area contributed by atoms with Gasteiger partial charge in [-0.2, -0.15) is 8.78 Å². The summed E-state index contributed by atoms with van der Waals surface area (Å²) in [4.78, 5) is 17.3. The molecule has 0 spiro atoms. The molecule has 0 amide bonds. The molecule has 1 unspecified atom stereocenters. The molecule has 0 fully saturated rings. The quantitative estimate of drug-likeness (QED) is 0.458. The third kappa shape index (κ3) is 8.33. The van der Waals surface area contributed by atoms with E-state index in [9.17, 15) is 13.6 Å². The predicted molar refractivity (Wildman–Crippen MR) is 75.9 cm³/mol. The van der Waals surface area contributed by atoms with Crippen LogP contribution in [0.1, 0.15) is 37.3 Å². The van der Waals surface area contributed by atoms with Gasteiger partial charge >= 0.3 is 29.6 Å². The molecule has 4 nitrogen and oxygen atoms in total. The number of pyridine rings is 2. The summed E-state index contributed by atoms with van der Waals surface area (Å²) in [5.74, 6) is -1.19. The maximum atomic E-state index is 12.2. The topological polar surface area (TPSA) is 63.1 Å². The summed E-state index contributed by atoms with van der Waals surface area (Å²) in [6, 6.07) is 5.30. The molecular weight excluding hydrogens is 300 g/mol. The third-order valence-corrected chi connectivity index (χ3v) is 2.37. The number of rotatable bonds is 2. The maximum Gasteiger partial charge on any atom is 1.00 e.